The summed E-state index contributed by atoms with van der Waals surface area (Å²) in [6, 6.07) is 11.4. The molecule has 0 bridgehead atoms. The van der Waals surface area contributed by atoms with Crippen LogP contribution in [-0.2, 0) is 16.1 Å². The van der Waals surface area contributed by atoms with E-state index in [0.717, 1.165) is 11.1 Å². The third kappa shape index (κ3) is 10.4. The van der Waals surface area contributed by atoms with Crippen LogP contribution in [0.25, 0.3) is 11.4 Å². The van der Waals surface area contributed by atoms with E-state index in [0.29, 0.717) is 24.5 Å². The number of carboxylic acid groups (broad SMARTS) is 2. The summed E-state index contributed by atoms with van der Waals surface area (Å²) in [4.78, 5) is 43.9. The van der Waals surface area contributed by atoms with Crippen molar-refractivity contribution in [1.82, 2.24) is 19.9 Å². The van der Waals surface area contributed by atoms with Crippen molar-refractivity contribution in [2.45, 2.75) is 25.8 Å². The monoisotopic (exact) mass is 534 g/mol. The maximum atomic E-state index is 13.0. The Labute approximate surface area is 205 Å². The van der Waals surface area contributed by atoms with Crippen LogP contribution in [0.15, 0.2) is 61.2 Å². The summed E-state index contributed by atoms with van der Waals surface area (Å²) in [5.74, 6) is -4.81. The Morgan fingerprint density at radius 2 is 1.41 bits per heavy atom. The fourth-order valence-corrected chi connectivity index (χ4v) is 2.49. The van der Waals surface area contributed by atoms with Crippen LogP contribution in [0.5, 0.6) is 0 Å². The Kier molecular flexibility index (Phi) is 11.3. The molecule has 0 aliphatic rings. The van der Waals surface area contributed by atoms with Crippen LogP contribution in [0.3, 0.4) is 0 Å². The minimum atomic E-state index is -5.08. The number of H-pyrrole nitrogens is 1. The van der Waals surface area contributed by atoms with Crippen molar-refractivity contribution in [1.29, 1.82) is 0 Å². The lowest BCUT2D eigenvalue weighted by Gasteiger charge is -2.22. The van der Waals surface area contributed by atoms with Gasteiger partial charge >= 0.3 is 24.3 Å². The predicted molar refractivity (Wildman–Crippen MR) is 116 cm³/mol. The van der Waals surface area contributed by atoms with E-state index in [1.807, 2.05) is 48.2 Å². The number of alkyl halides is 6. The second-order valence-electron chi connectivity index (χ2n) is 6.76. The molecule has 200 valence electrons. The number of benzene rings is 1. The number of carboxylic acids is 2. The lowest BCUT2D eigenvalue weighted by atomic mass is 10.1. The van der Waals surface area contributed by atoms with E-state index in [4.69, 9.17) is 19.8 Å². The normalized spacial score (nSPS) is 10.8. The first-order valence-electron chi connectivity index (χ1n) is 10.1. The van der Waals surface area contributed by atoms with Gasteiger partial charge in [0.15, 0.2) is 0 Å². The van der Waals surface area contributed by atoms with Crippen molar-refractivity contribution in [3.05, 3.63) is 72.3 Å². The van der Waals surface area contributed by atoms with Gasteiger partial charge in [-0.3, -0.25) is 9.78 Å². The molecule has 0 unspecified atom stereocenters. The average Bonchev–Trinajstić information content (AvgIpc) is 3.37. The second kappa shape index (κ2) is 13.6. The number of hydrogen-bond acceptors (Lipinski definition) is 5. The molecule has 3 rings (SSSR count). The number of amides is 1. The van der Waals surface area contributed by atoms with E-state index >= 15 is 0 Å². The molecule has 0 aliphatic carbocycles. The zero-order valence-electron chi connectivity index (χ0n) is 18.9. The van der Waals surface area contributed by atoms with Crippen molar-refractivity contribution in [3.8, 4) is 11.4 Å². The maximum absolute atomic E-state index is 13.0. The quantitative estimate of drug-likeness (QED) is 0.413. The molecule has 0 aliphatic heterocycles. The number of imidazole rings is 1. The minimum absolute atomic E-state index is 0.00341. The van der Waals surface area contributed by atoms with E-state index in [1.54, 1.807) is 24.8 Å². The van der Waals surface area contributed by atoms with Gasteiger partial charge in [0.25, 0.3) is 5.91 Å². The van der Waals surface area contributed by atoms with Crippen LogP contribution in [-0.4, -0.2) is 66.8 Å². The van der Waals surface area contributed by atoms with E-state index in [2.05, 4.69) is 15.0 Å². The molecule has 1 aromatic carbocycles. The predicted octanol–water partition coefficient (Wildman–Crippen LogP) is 4.40. The van der Waals surface area contributed by atoms with Crippen LogP contribution in [0.4, 0.5) is 26.3 Å². The topological polar surface area (TPSA) is 136 Å². The fourth-order valence-electron chi connectivity index (χ4n) is 2.49. The number of carbonyl (C=O) groups excluding carboxylic acids is 1. The summed E-state index contributed by atoms with van der Waals surface area (Å²) < 4.78 is 63.5. The van der Waals surface area contributed by atoms with Gasteiger partial charge < -0.3 is 20.1 Å². The number of hydrogen-bond donors (Lipinski definition) is 3. The fraction of sp³-hybridized carbons (Fsp3) is 0.227. The van der Waals surface area contributed by atoms with E-state index in [9.17, 15) is 31.1 Å². The molecule has 0 fully saturated rings. The standard InChI is InChI=1S/C18H18N4O.2C2HF3O2/c1-2-22(13-14-7-9-19-10-8-14)18(23)16-6-4-3-5-15(16)17-20-11-12-21-17;2*3-2(4,5)1(6)7/h3-12H,2,13H2,1H3,(H,20,21);2*(H,6,7). The third-order valence-electron chi connectivity index (χ3n) is 4.19. The minimum Gasteiger partial charge on any atom is -0.475 e. The molecule has 15 heteroatoms. The molecule has 3 aromatic rings. The molecule has 0 atom stereocenters. The maximum Gasteiger partial charge on any atom is 0.490 e. The lowest BCUT2D eigenvalue weighted by Crippen LogP contribution is -2.30. The van der Waals surface area contributed by atoms with Gasteiger partial charge in [0.05, 0.1) is 5.56 Å². The molecule has 0 saturated carbocycles. The summed E-state index contributed by atoms with van der Waals surface area (Å²) >= 11 is 0. The van der Waals surface area contributed by atoms with Crippen molar-refractivity contribution in [3.63, 3.8) is 0 Å². The first-order valence-corrected chi connectivity index (χ1v) is 10.1. The highest BCUT2D eigenvalue weighted by molar-refractivity contribution is 6.00. The first kappa shape index (κ1) is 30.6. The lowest BCUT2D eigenvalue weighted by molar-refractivity contribution is -0.193. The highest BCUT2D eigenvalue weighted by atomic mass is 19.4. The molecule has 37 heavy (non-hydrogen) atoms. The van der Waals surface area contributed by atoms with Crippen molar-refractivity contribution < 1.29 is 50.9 Å². The number of pyridine rings is 1. The number of halogens is 6. The van der Waals surface area contributed by atoms with E-state index in [-0.39, 0.29) is 5.91 Å². The van der Waals surface area contributed by atoms with Gasteiger partial charge in [-0.25, -0.2) is 14.6 Å². The molecule has 3 N–H and O–H groups in total. The summed E-state index contributed by atoms with van der Waals surface area (Å²) in [6.07, 6.45) is -3.24. The SMILES string of the molecule is CCN(Cc1ccncc1)C(=O)c1ccccc1-c1ncc[nH]1.O=C(O)C(F)(F)F.O=C(O)C(F)(F)F. The zero-order chi connectivity index (χ0) is 28.2. The number of aromatic amines is 1. The molecule has 1 amide bonds. The largest absolute Gasteiger partial charge is 0.490 e. The molecule has 9 nitrogen and oxygen atoms in total. The molecule has 2 aromatic heterocycles. The van der Waals surface area contributed by atoms with Gasteiger partial charge in [0.2, 0.25) is 0 Å². The summed E-state index contributed by atoms with van der Waals surface area (Å²) in [7, 11) is 0. The van der Waals surface area contributed by atoms with Gasteiger partial charge in [-0.05, 0) is 30.7 Å². The second-order valence-corrected chi connectivity index (χ2v) is 6.76. The van der Waals surface area contributed by atoms with Gasteiger partial charge in [0.1, 0.15) is 5.82 Å². The average molecular weight is 534 g/mol. The van der Waals surface area contributed by atoms with E-state index in [1.165, 1.54) is 0 Å². The number of rotatable bonds is 5. The number of aliphatic carboxylic acids is 2. The van der Waals surface area contributed by atoms with Gasteiger partial charge in [-0.15, -0.1) is 0 Å². The van der Waals surface area contributed by atoms with Crippen LogP contribution in [0.2, 0.25) is 0 Å². The van der Waals surface area contributed by atoms with Crippen LogP contribution >= 0.6 is 0 Å². The van der Waals surface area contributed by atoms with Gasteiger partial charge in [-0.1, -0.05) is 18.2 Å². The number of aromatic nitrogens is 3. The Morgan fingerprint density at radius 3 is 1.84 bits per heavy atom. The van der Waals surface area contributed by atoms with Gasteiger partial charge in [-0.2, -0.15) is 26.3 Å². The molecular weight excluding hydrogens is 514 g/mol. The van der Waals surface area contributed by atoms with Crippen LogP contribution in [0.1, 0.15) is 22.8 Å². The first-order chi connectivity index (χ1) is 17.2. The van der Waals surface area contributed by atoms with Crippen LogP contribution in [0, 0.1) is 0 Å². The summed E-state index contributed by atoms with van der Waals surface area (Å²) in [5.41, 5.74) is 2.53. The van der Waals surface area contributed by atoms with E-state index < -0.39 is 24.3 Å². The van der Waals surface area contributed by atoms with Crippen molar-refractivity contribution in [2.75, 3.05) is 6.54 Å². The zero-order valence-corrected chi connectivity index (χ0v) is 18.9. The smallest absolute Gasteiger partial charge is 0.475 e. The van der Waals surface area contributed by atoms with Gasteiger partial charge in [0, 0.05) is 43.4 Å². The molecule has 0 saturated heterocycles. The van der Waals surface area contributed by atoms with Crippen LogP contribution < -0.4 is 0 Å². The molecule has 2 heterocycles. The molecule has 0 spiro atoms. The molecular formula is C22H20F6N4O5. The summed E-state index contributed by atoms with van der Waals surface area (Å²) in [5, 5.41) is 14.2. The number of nitrogens with one attached hydrogen (secondary N) is 1. The van der Waals surface area contributed by atoms with Crippen molar-refractivity contribution in [2.24, 2.45) is 0 Å². The molecule has 0 radical (unpaired) electrons. The number of nitrogens with zero attached hydrogens (tertiary/aromatic N) is 3. The highest BCUT2D eigenvalue weighted by Crippen LogP contribution is 2.22. The third-order valence-corrected chi connectivity index (χ3v) is 4.19. The number of carbonyl (C=O) groups is 3. The highest BCUT2D eigenvalue weighted by Gasteiger charge is 2.38. The van der Waals surface area contributed by atoms with Crippen molar-refractivity contribution >= 4 is 17.8 Å². The Morgan fingerprint density at radius 1 is 0.892 bits per heavy atom. The Hall–Kier alpha value is -4.43. The summed E-state index contributed by atoms with van der Waals surface area (Å²) in [6.45, 7) is 3.17. The Bertz CT molecular complexity index is 1130. The Balaban J connectivity index is 0.000000404.